The van der Waals surface area contributed by atoms with Gasteiger partial charge in [-0.25, -0.2) is 0 Å². The molecule has 0 bridgehead atoms. The van der Waals surface area contributed by atoms with Crippen molar-refractivity contribution >= 4 is 53.0 Å². The molecule has 4 heteroatoms. The first-order valence-electron chi connectivity index (χ1n) is 0.802. The summed E-state index contributed by atoms with van der Waals surface area (Å²) in [5.74, 6) is 0. The minimum atomic E-state index is -0.877. The van der Waals surface area contributed by atoms with Crippen LogP contribution in [-0.2, 0) is 10.0 Å². The monoisotopic (exact) mass is 583 g/mol. The van der Waals surface area contributed by atoms with Crippen molar-refractivity contribution in [3.05, 3.63) is 0 Å². The third-order valence-electron chi connectivity index (χ3n) is 0. The van der Waals surface area contributed by atoms with Gasteiger partial charge >= 0.3 is 63.0 Å². The fourth-order valence-corrected chi connectivity index (χ4v) is 0. The maximum atomic E-state index is 2.55. The zero-order valence-electron chi connectivity index (χ0n) is 1.84. The zero-order chi connectivity index (χ0) is 3.58. The van der Waals surface area contributed by atoms with E-state index in [1.54, 1.807) is 0 Å². The van der Waals surface area contributed by atoms with Gasteiger partial charge in [-0.1, -0.05) is 0 Å². The Kier molecular flexibility index (Phi) is 7.64. The van der Waals surface area contributed by atoms with Gasteiger partial charge in [-0.3, -0.25) is 0 Å². The minimum absolute atomic E-state index is 0.877. The van der Waals surface area contributed by atoms with E-state index in [9.17, 15) is 0 Å². The van der Waals surface area contributed by atoms with Gasteiger partial charge in [-0.2, -0.15) is 0 Å². The third kappa shape index (κ3) is 8.93. The van der Waals surface area contributed by atoms with E-state index in [1.165, 1.54) is 0 Å². The molecule has 0 unspecified atom stereocenters. The Hall–Kier alpha value is 3.13. The summed E-state index contributed by atoms with van der Waals surface area (Å²) in [7, 11) is -0.877. The van der Waals surface area contributed by atoms with Crippen molar-refractivity contribution in [1.29, 1.82) is 0 Å². The van der Waals surface area contributed by atoms with Gasteiger partial charge in [-0.15, -0.1) is 0 Å². The van der Waals surface area contributed by atoms with E-state index in [4.69, 9.17) is 0 Å². The van der Waals surface area contributed by atoms with Crippen LogP contribution in [0, 0.1) is 0 Å². The van der Waals surface area contributed by atoms with Gasteiger partial charge in [0.15, 0.2) is 0 Å². The summed E-state index contributed by atoms with van der Waals surface area (Å²) in [6.07, 6.45) is 0. The van der Waals surface area contributed by atoms with E-state index >= 15 is 0 Å². The topological polar surface area (TPSA) is 0 Å². The first-order valence-corrected chi connectivity index (χ1v) is 47.2. The zero-order valence-corrected chi connectivity index (χ0v) is 13.8. The molecule has 0 aromatic heterocycles. The molecule has 23 valence electrons. The second kappa shape index (κ2) is 4.29. The number of hydrogen-bond acceptors (Lipinski definition) is 0. The van der Waals surface area contributed by atoms with Crippen molar-refractivity contribution in [3.8, 4) is 0 Å². The van der Waals surface area contributed by atoms with Crippen LogP contribution in [0.1, 0.15) is 0 Å². The van der Waals surface area contributed by atoms with Crippen molar-refractivity contribution < 1.29 is 10.0 Å². The Labute approximate surface area is 60.9 Å². The molecule has 0 fully saturated rings. The van der Waals surface area contributed by atoms with Gasteiger partial charge in [0, 0.05) is 0 Å². The molecule has 0 amide bonds. The third-order valence-corrected chi connectivity index (χ3v) is 0. The summed E-state index contributed by atoms with van der Waals surface area (Å²) < 4.78 is 0. The van der Waals surface area contributed by atoms with Gasteiger partial charge in [0.05, 0.1) is 0 Å². The van der Waals surface area contributed by atoms with Crippen molar-refractivity contribution in [2.24, 2.45) is 0 Å². The van der Waals surface area contributed by atoms with Crippen LogP contribution in [0.25, 0.3) is 0 Å². The van der Waals surface area contributed by atoms with Crippen LogP contribution in [0.4, 0.5) is 0 Å². The van der Waals surface area contributed by atoms with Crippen LogP contribution in [0.3, 0.4) is 0 Å². The van der Waals surface area contributed by atoms with Gasteiger partial charge in [0.1, 0.15) is 0 Å². The van der Waals surface area contributed by atoms with Gasteiger partial charge < -0.3 is 0 Å². The molecule has 0 aliphatic rings. The summed E-state index contributed by atoms with van der Waals surface area (Å²) >= 11 is 7.64. The summed E-state index contributed by atoms with van der Waals surface area (Å²) in [6, 6.07) is 0. The first-order chi connectivity index (χ1) is 1.73. The van der Waals surface area contributed by atoms with Crippen molar-refractivity contribution in [2.45, 2.75) is 0 Å². The molecule has 0 nitrogen and oxygen atoms in total. The standard InChI is InChI=1S/Hg.3HI/h;3*1H/q+3;;;/p-3. The summed E-state index contributed by atoms with van der Waals surface area (Å²) in [6.45, 7) is 0. The van der Waals surface area contributed by atoms with Crippen LogP contribution in [0.15, 0.2) is 0 Å². The van der Waals surface area contributed by atoms with Crippen molar-refractivity contribution in [1.82, 2.24) is 0 Å². The van der Waals surface area contributed by atoms with E-state index in [0.717, 1.165) is 0 Å². The van der Waals surface area contributed by atoms with E-state index < -0.39 is 10.0 Å². The van der Waals surface area contributed by atoms with Crippen LogP contribution in [0.2, 0.25) is 0 Å². The SMILES string of the molecule is [I][Hg]([I])[I]. The molecule has 4 heavy (non-hydrogen) atoms. The Balaban J connectivity index is 2.32. The summed E-state index contributed by atoms with van der Waals surface area (Å²) in [5, 5.41) is 0. The Morgan fingerprint density at radius 3 is 1.00 bits per heavy atom. The van der Waals surface area contributed by atoms with Crippen molar-refractivity contribution in [2.75, 3.05) is 0 Å². The van der Waals surface area contributed by atoms with E-state index in [0.29, 0.717) is 0 Å². The number of halogens is 3. The van der Waals surface area contributed by atoms with Crippen LogP contribution >= 0.6 is 53.0 Å². The molecule has 0 atom stereocenters. The number of rotatable bonds is 0. The van der Waals surface area contributed by atoms with Crippen LogP contribution in [-0.4, -0.2) is 0 Å². The molecule has 0 heterocycles. The number of hydrogen-bond donors (Lipinski definition) is 0. The van der Waals surface area contributed by atoms with Crippen molar-refractivity contribution in [3.63, 3.8) is 0 Å². The van der Waals surface area contributed by atoms with E-state index in [2.05, 4.69) is 53.0 Å². The predicted molar refractivity (Wildman–Crippen MR) is 42.1 cm³/mol. The molecule has 0 aliphatic heterocycles. The van der Waals surface area contributed by atoms with E-state index in [-0.39, 0.29) is 0 Å². The predicted octanol–water partition coefficient (Wildman–Crippen LogP) is 2.65. The fourth-order valence-electron chi connectivity index (χ4n) is 0. The molecule has 0 radical (unpaired) electrons. The molecule has 0 N–H and O–H groups in total. The molecular weight excluding hydrogens is 581 g/mol. The molecule has 0 aromatic rings. The van der Waals surface area contributed by atoms with Gasteiger partial charge in [0.2, 0.25) is 0 Å². The normalized spacial score (nSPS) is 6.75. The van der Waals surface area contributed by atoms with Gasteiger partial charge in [-0.05, 0) is 0 Å². The quantitative estimate of drug-likeness (QED) is 0.305. The second-order valence-corrected chi connectivity index (χ2v) is 120. The van der Waals surface area contributed by atoms with Crippen LogP contribution < -0.4 is 0 Å². The average Bonchev–Trinajstić information content (AvgIpc) is 0.811. The molecule has 0 rings (SSSR count). The molecule has 0 aliphatic carbocycles. The van der Waals surface area contributed by atoms with E-state index in [1.807, 2.05) is 0 Å². The molecule has 0 saturated carbocycles. The molecule has 0 aromatic carbocycles. The second-order valence-electron chi connectivity index (χ2n) is 0.303. The first kappa shape index (κ1) is 7.13. The Bertz CT molecular complexity index is 8.00. The molecular formula is HgI3. The Morgan fingerprint density at radius 1 is 1.00 bits per heavy atom. The Morgan fingerprint density at radius 2 is 1.00 bits per heavy atom. The average molecular weight is 581 g/mol. The maximum absolute atomic E-state index is 2.55. The summed E-state index contributed by atoms with van der Waals surface area (Å²) in [4.78, 5) is 0. The molecule has 0 saturated heterocycles. The summed E-state index contributed by atoms with van der Waals surface area (Å²) in [5.41, 5.74) is 0. The fraction of sp³-hybridized carbons (Fsp3) is 0. The van der Waals surface area contributed by atoms with Gasteiger partial charge in [0.25, 0.3) is 0 Å². The molecule has 0 spiro atoms. The van der Waals surface area contributed by atoms with Crippen LogP contribution in [0.5, 0.6) is 0 Å².